The number of halogens is 1. The van der Waals surface area contributed by atoms with Crippen LogP contribution >= 0.6 is 0 Å². The van der Waals surface area contributed by atoms with Crippen molar-refractivity contribution in [3.63, 3.8) is 0 Å². The molecule has 3 aromatic rings. The lowest BCUT2D eigenvalue weighted by atomic mass is 10.1. The minimum atomic E-state index is -3.84. The van der Waals surface area contributed by atoms with Gasteiger partial charge in [0, 0.05) is 18.1 Å². The summed E-state index contributed by atoms with van der Waals surface area (Å²) in [7, 11) is -3.84. The molecule has 0 aliphatic carbocycles. The summed E-state index contributed by atoms with van der Waals surface area (Å²) in [5, 5.41) is 0.770. The maximum absolute atomic E-state index is 13.7. The van der Waals surface area contributed by atoms with Gasteiger partial charge < -0.3 is 4.74 Å². The lowest BCUT2D eigenvalue weighted by molar-refractivity contribution is 0.0320. The summed E-state index contributed by atoms with van der Waals surface area (Å²) in [6, 6.07) is 12.4. The van der Waals surface area contributed by atoms with E-state index in [2.05, 4.69) is 4.98 Å². The largest absolute Gasteiger partial charge is 0.378 e. The lowest BCUT2D eigenvalue weighted by Gasteiger charge is -2.35. The highest BCUT2D eigenvalue weighted by Gasteiger charge is 2.36. The van der Waals surface area contributed by atoms with Gasteiger partial charge in [-0.05, 0) is 42.3 Å². The van der Waals surface area contributed by atoms with Crippen molar-refractivity contribution in [2.75, 3.05) is 19.8 Å². The highest BCUT2D eigenvalue weighted by atomic mass is 32.2. The highest BCUT2D eigenvalue weighted by Crippen LogP contribution is 2.33. The van der Waals surface area contributed by atoms with Gasteiger partial charge in [-0.15, -0.1) is 0 Å². The molecule has 1 unspecified atom stereocenters. The van der Waals surface area contributed by atoms with Gasteiger partial charge in [-0.1, -0.05) is 24.3 Å². The van der Waals surface area contributed by atoms with Crippen molar-refractivity contribution in [1.29, 1.82) is 0 Å². The van der Waals surface area contributed by atoms with Crippen LogP contribution in [0, 0.1) is 12.7 Å². The molecule has 7 heteroatoms. The fourth-order valence-electron chi connectivity index (χ4n) is 3.43. The monoisotopic (exact) mass is 386 g/mol. The van der Waals surface area contributed by atoms with Crippen molar-refractivity contribution in [3.05, 3.63) is 71.7 Å². The summed E-state index contributed by atoms with van der Waals surface area (Å²) in [5.74, 6) is -0.405. The van der Waals surface area contributed by atoms with Crippen LogP contribution in [0.4, 0.5) is 4.39 Å². The van der Waals surface area contributed by atoms with Crippen molar-refractivity contribution >= 4 is 20.9 Å². The summed E-state index contributed by atoms with van der Waals surface area (Å²) in [6.45, 7) is 2.59. The standard InChI is InChI=1S/C20H19FN2O3S/c1-14-10-16-5-3-7-19(20(16)22-12-14)27(24,25)23-8-9-26-13-18(23)15-4-2-6-17(21)11-15/h2-7,10-12,18H,8-9,13H2,1H3. The molecule has 1 aliphatic rings. The second-order valence-electron chi connectivity index (χ2n) is 6.60. The second kappa shape index (κ2) is 6.99. The number of rotatable bonds is 3. The first-order valence-electron chi connectivity index (χ1n) is 8.67. The Hall–Kier alpha value is -2.35. The van der Waals surface area contributed by atoms with Crippen LogP contribution in [0.5, 0.6) is 0 Å². The third-order valence-corrected chi connectivity index (χ3v) is 6.65. The highest BCUT2D eigenvalue weighted by molar-refractivity contribution is 7.89. The Balaban J connectivity index is 1.82. The normalized spacial score (nSPS) is 18.7. The van der Waals surface area contributed by atoms with E-state index in [1.54, 1.807) is 30.5 Å². The molecule has 0 amide bonds. The zero-order valence-electron chi connectivity index (χ0n) is 14.8. The summed E-state index contributed by atoms with van der Waals surface area (Å²) < 4.78 is 47.6. The Morgan fingerprint density at radius 2 is 2.00 bits per heavy atom. The van der Waals surface area contributed by atoms with Crippen molar-refractivity contribution in [2.24, 2.45) is 0 Å². The first-order chi connectivity index (χ1) is 13.0. The van der Waals surface area contributed by atoms with E-state index in [4.69, 9.17) is 4.74 Å². The number of morpholine rings is 1. The molecule has 5 nitrogen and oxygen atoms in total. The zero-order chi connectivity index (χ0) is 19.0. The number of pyridine rings is 1. The number of hydrogen-bond donors (Lipinski definition) is 0. The van der Waals surface area contributed by atoms with Crippen LogP contribution in [0.1, 0.15) is 17.2 Å². The van der Waals surface area contributed by atoms with Crippen molar-refractivity contribution in [2.45, 2.75) is 17.9 Å². The minimum Gasteiger partial charge on any atom is -0.378 e. The molecule has 1 aliphatic heterocycles. The second-order valence-corrected chi connectivity index (χ2v) is 8.46. The minimum absolute atomic E-state index is 0.156. The van der Waals surface area contributed by atoms with Crippen molar-refractivity contribution in [1.82, 2.24) is 9.29 Å². The first-order valence-corrected chi connectivity index (χ1v) is 10.1. The quantitative estimate of drug-likeness (QED) is 0.692. The van der Waals surface area contributed by atoms with E-state index < -0.39 is 21.9 Å². The van der Waals surface area contributed by atoms with Crippen LogP contribution in [0.3, 0.4) is 0 Å². The molecule has 1 saturated heterocycles. The third-order valence-electron chi connectivity index (χ3n) is 4.71. The third kappa shape index (κ3) is 3.34. The average molecular weight is 386 g/mol. The molecule has 0 bridgehead atoms. The Labute approximate surface area is 157 Å². The number of sulfonamides is 1. The molecule has 0 N–H and O–H groups in total. The fourth-order valence-corrected chi connectivity index (χ4v) is 5.18. The van der Waals surface area contributed by atoms with Crippen molar-refractivity contribution < 1.29 is 17.5 Å². The van der Waals surface area contributed by atoms with Gasteiger partial charge in [0.25, 0.3) is 0 Å². The predicted molar refractivity (Wildman–Crippen MR) is 100 cm³/mol. The lowest BCUT2D eigenvalue weighted by Crippen LogP contribution is -2.43. The number of aromatic nitrogens is 1. The summed E-state index contributed by atoms with van der Waals surface area (Å²) in [4.78, 5) is 4.51. The van der Waals surface area contributed by atoms with E-state index in [-0.39, 0.29) is 18.0 Å². The molecule has 2 aromatic carbocycles. The molecule has 4 rings (SSSR count). The van der Waals surface area contributed by atoms with Gasteiger partial charge in [-0.25, -0.2) is 12.8 Å². The fraction of sp³-hybridized carbons (Fsp3) is 0.250. The van der Waals surface area contributed by atoms with Gasteiger partial charge in [0.05, 0.1) is 24.8 Å². The Morgan fingerprint density at radius 3 is 2.81 bits per heavy atom. The van der Waals surface area contributed by atoms with Crippen molar-refractivity contribution in [3.8, 4) is 0 Å². The number of aryl methyl sites for hydroxylation is 1. The summed E-state index contributed by atoms with van der Waals surface area (Å²) in [6.07, 6.45) is 1.66. The van der Waals surface area contributed by atoms with Crippen LogP contribution in [0.25, 0.3) is 10.9 Å². The topological polar surface area (TPSA) is 59.5 Å². The molecular formula is C20H19FN2O3S. The molecular weight excluding hydrogens is 367 g/mol. The number of fused-ring (bicyclic) bond motifs is 1. The van der Waals surface area contributed by atoms with E-state index >= 15 is 0 Å². The van der Waals surface area contributed by atoms with Gasteiger partial charge in [-0.3, -0.25) is 4.98 Å². The number of hydrogen-bond acceptors (Lipinski definition) is 4. The molecule has 1 aromatic heterocycles. The molecule has 140 valence electrons. The van der Waals surface area contributed by atoms with Gasteiger partial charge in [0.15, 0.2) is 0 Å². The number of ether oxygens (including phenoxy) is 1. The average Bonchev–Trinajstić information content (AvgIpc) is 2.67. The molecule has 2 heterocycles. The molecule has 0 saturated carbocycles. The Bertz CT molecular complexity index is 1100. The van der Waals surface area contributed by atoms with E-state index in [1.807, 2.05) is 19.1 Å². The van der Waals surface area contributed by atoms with Crippen LogP contribution < -0.4 is 0 Å². The molecule has 27 heavy (non-hydrogen) atoms. The van der Waals surface area contributed by atoms with Crippen LogP contribution in [-0.2, 0) is 14.8 Å². The van der Waals surface area contributed by atoms with Crippen LogP contribution in [0.15, 0.2) is 59.6 Å². The Kier molecular flexibility index (Phi) is 4.67. The molecule has 1 atom stereocenters. The van der Waals surface area contributed by atoms with E-state index in [1.165, 1.54) is 16.4 Å². The maximum Gasteiger partial charge on any atom is 0.245 e. The maximum atomic E-state index is 13.7. The van der Waals surface area contributed by atoms with Gasteiger partial charge in [-0.2, -0.15) is 4.31 Å². The van der Waals surface area contributed by atoms with E-state index in [0.717, 1.165) is 10.9 Å². The van der Waals surface area contributed by atoms with Crippen LogP contribution in [0.2, 0.25) is 0 Å². The summed E-state index contributed by atoms with van der Waals surface area (Å²) >= 11 is 0. The molecule has 0 radical (unpaired) electrons. The number of nitrogens with zero attached hydrogens (tertiary/aromatic N) is 2. The Morgan fingerprint density at radius 1 is 1.19 bits per heavy atom. The first kappa shape index (κ1) is 18.0. The van der Waals surface area contributed by atoms with Gasteiger partial charge in [0.2, 0.25) is 10.0 Å². The zero-order valence-corrected chi connectivity index (χ0v) is 15.6. The van der Waals surface area contributed by atoms with E-state index in [9.17, 15) is 12.8 Å². The summed E-state index contributed by atoms with van der Waals surface area (Å²) in [5.41, 5.74) is 1.97. The van der Waals surface area contributed by atoms with Crippen LogP contribution in [-0.4, -0.2) is 37.5 Å². The SMILES string of the molecule is Cc1cnc2c(S(=O)(=O)N3CCOCC3c3cccc(F)c3)cccc2c1. The van der Waals surface area contributed by atoms with Gasteiger partial charge in [0.1, 0.15) is 10.7 Å². The smallest absolute Gasteiger partial charge is 0.245 e. The number of benzene rings is 2. The molecule has 0 spiro atoms. The molecule has 1 fully saturated rings. The van der Waals surface area contributed by atoms with Gasteiger partial charge >= 0.3 is 0 Å². The van der Waals surface area contributed by atoms with E-state index in [0.29, 0.717) is 17.7 Å². The number of para-hydroxylation sites is 1. The predicted octanol–water partition coefficient (Wildman–Crippen LogP) is 3.44.